The third-order valence-electron chi connectivity index (χ3n) is 10.2. The van der Waals surface area contributed by atoms with E-state index in [9.17, 15) is 19.0 Å². The van der Waals surface area contributed by atoms with Crippen molar-refractivity contribution in [1.82, 2.24) is 0 Å². The number of quaternary nitrogens is 1. The number of hydrogen-bond donors (Lipinski definition) is 0. The van der Waals surface area contributed by atoms with E-state index < -0.39 is 32.5 Å². The van der Waals surface area contributed by atoms with Gasteiger partial charge in [-0.1, -0.05) is 170 Å². The maximum atomic E-state index is 12.7. The number of carbonyl (C=O) groups excluding carboxylic acids is 2. The van der Waals surface area contributed by atoms with E-state index >= 15 is 0 Å². The summed E-state index contributed by atoms with van der Waals surface area (Å²) in [5.74, 6) is -0.855. The summed E-state index contributed by atoms with van der Waals surface area (Å²) in [6, 6.07) is 0. The van der Waals surface area contributed by atoms with E-state index in [1.807, 2.05) is 21.1 Å². The van der Waals surface area contributed by atoms with Crippen molar-refractivity contribution in [3.05, 3.63) is 72.9 Å². The van der Waals surface area contributed by atoms with Crippen LogP contribution in [0.2, 0.25) is 0 Å². The number of phosphoric acid groups is 1. The Hall–Kier alpha value is -2.55. The molecule has 0 aliphatic heterocycles. The number of rotatable bonds is 44. The van der Waals surface area contributed by atoms with Crippen molar-refractivity contribution in [3.63, 3.8) is 0 Å². The number of allylic oxidation sites excluding steroid dienone is 12. The number of hydrogen-bond acceptors (Lipinski definition) is 8. The molecule has 62 heavy (non-hydrogen) atoms. The van der Waals surface area contributed by atoms with Crippen LogP contribution in [-0.2, 0) is 32.7 Å². The molecule has 0 aromatic rings. The van der Waals surface area contributed by atoms with Gasteiger partial charge in [0.05, 0.1) is 27.7 Å². The van der Waals surface area contributed by atoms with Crippen LogP contribution in [0.4, 0.5) is 0 Å². The number of likely N-dealkylation sites (N-methyl/N-ethyl adjacent to an activating group) is 1. The van der Waals surface area contributed by atoms with Crippen LogP contribution in [0.1, 0.15) is 194 Å². The average Bonchev–Trinajstić information content (AvgIpc) is 3.23. The molecule has 0 aromatic carbocycles. The summed E-state index contributed by atoms with van der Waals surface area (Å²) in [6.07, 6.45) is 54.9. The molecule has 10 heteroatoms. The molecule has 0 N–H and O–H groups in total. The van der Waals surface area contributed by atoms with Crippen LogP contribution in [0.3, 0.4) is 0 Å². The van der Waals surface area contributed by atoms with Crippen molar-refractivity contribution in [2.45, 2.75) is 200 Å². The largest absolute Gasteiger partial charge is 0.756 e. The molecule has 358 valence electrons. The summed E-state index contributed by atoms with van der Waals surface area (Å²) >= 11 is 0. The first kappa shape index (κ1) is 59.5. The van der Waals surface area contributed by atoms with E-state index in [1.165, 1.54) is 70.6 Å². The summed E-state index contributed by atoms with van der Waals surface area (Å²) in [6.45, 7) is 4.07. The first-order valence-electron chi connectivity index (χ1n) is 24.6. The molecular formula is C52H92NO8P. The molecule has 0 fully saturated rings. The van der Waals surface area contributed by atoms with Gasteiger partial charge in [0.15, 0.2) is 6.10 Å². The number of unbranched alkanes of at least 4 members (excludes halogenated alkanes) is 18. The Labute approximate surface area is 380 Å². The molecule has 0 aliphatic rings. The highest BCUT2D eigenvalue weighted by Crippen LogP contribution is 2.38. The molecule has 0 saturated carbocycles. The molecule has 0 rings (SSSR count). The van der Waals surface area contributed by atoms with Crippen LogP contribution in [0.25, 0.3) is 0 Å². The SMILES string of the molecule is CC/C=C\C/C=C\C/C=C\C/C=C\CCCCCCCCCCC(=O)OC(COC(=O)CCCCCCCCC/C=C\C/C=C\CCCCC)COP(=O)([O-])OCC[N+](C)(C)C. The Bertz CT molecular complexity index is 1280. The highest BCUT2D eigenvalue weighted by atomic mass is 31.2. The van der Waals surface area contributed by atoms with Gasteiger partial charge < -0.3 is 27.9 Å². The normalized spacial score (nSPS) is 14.1. The molecule has 2 atom stereocenters. The van der Waals surface area contributed by atoms with Crippen molar-refractivity contribution < 1.29 is 42.1 Å². The minimum absolute atomic E-state index is 0.0372. The van der Waals surface area contributed by atoms with Crippen LogP contribution in [0.5, 0.6) is 0 Å². The van der Waals surface area contributed by atoms with Gasteiger partial charge in [-0.15, -0.1) is 0 Å². The fourth-order valence-corrected chi connectivity index (χ4v) is 7.11. The zero-order valence-corrected chi connectivity index (χ0v) is 41.2. The Morgan fingerprint density at radius 1 is 0.516 bits per heavy atom. The van der Waals surface area contributed by atoms with Crippen LogP contribution in [-0.4, -0.2) is 70.0 Å². The second-order valence-electron chi connectivity index (χ2n) is 17.4. The predicted octanol–water partition coefficient (Wildman–Crippen LogP) is 13.9. The van der Waals surface area contributed by atoms with Crippen LogP contribution < -0.4 is 4.89 Å². The molecule has 0 aromatic heterocycles. The van der Waals surface area contributed by atoms with Gasteiger partial charge in [0, 0.05) is 12.8 Å². The van der Waals surface area contributed by atoms with Gasteiger partial charge in [-0.05, 0) is 83.5 Å². The van der Waals surface area contributed by atoms with Crippen molar-refractivity contribution in [2.75, 3.05) is 47.5 Å². The standard InChI is InChI=1S/C52H92NO8P/c1-6-8-10-12-14-16-18-20-22-24-25-26-27-29-31-33-35-37-39-41-43-45-52(55)61-50(49-60-62(56,57)59-47-46-53(3,4)5)48-58-51(54)44-42-40-38-36-34-32-30-28-23-21-19-17-15-13-11-9-7-2/h8,10,14-17,20-23,25-26,50H,6-7,9,11-13,18-19,24,27-49H2,1-5H3/b10-8-,16-14-,17-15-,22-20-,23-21-,26-25-. The van der Waals surface area contributed by atoms with Gasteiger partial charge in [0.2, 0.25) is 0 Å². The van der Waals surface area contributed by atoms with E-state index in [0.717, 1.165) is 89.9 Å². The molecule has 0 radical (unpaired) electrons. The van der Waals surface area contributed by atoms with Crippen molar-refractivity contribution >= 4 is 19.8 Å². The number of carbonyl (C=O) groups is 2. The zero-order chi connectivity index (χ0) is 45.7. The highest BCUT2D eigenvalue weighted by Gasteiger charge is 2.21. The van der Waals surface area contributed by atoms with Gasteiger partial charge in [0.1, 0.15) is 19.8 Å². The fourth-order valence-electron chi connectivity index (χ4n) is 6.38. The Morgan fingerprint density at radius 3 is 1.37 bits per heavy atom. The summed E-state index contributed by atoms with van der Waals surface area (Å²) < 4.78 is 34.0. The van der Waals surface area contributed by atoms with E-state index in [1.54, 1.807) is 0 Å². The van der Waals surface area contributed by atoms with Gasteiger partial charge in [-0.25, -0.2) is 0 Å². The predicted molar refractivity (Wildman–Crippen MR) is 259 cm³/mol. The number of ether oxygens (including phenoxy) is 2. The first-order valence-corrected chi connectivity index (χ1v) is 26.1. The summed E-state index contributed by atoms with van der Waals surface area (Å²) in [5.41, 5.74) is 0. The van der Waals surface area contributed by atoms with Crippen molar-refractivity contribution in [1.29, 1.82) is 0 Å². The van der Waals surface area contributed by atoms with E-state index in [2.05, 4.69) is 86.8 Å². The molecule has 0 saturated heterocycles. The summed E-state index contributed by atoms with van der Waals surface area (Å²) in [5, 5.41) is 0. The minimum atomic E-state index is -4.64. The molecule has 0 spiro atoms. The van der Waals surface area contributed by atoms with Crippen molar-refractivity contribution in [2.24, 2.45) is 0 Å². The lowest BCUT2D eigenvalue weighted by Gasteiger charge is -2.28. The lowest BCUT2D eigenvalue weighted by molar-refractivity contribution is -0.870. The third-order valence-corrected chi connectivity index (χ3v) is 11.2. The average molecular weight is 890 g/mol. The number of esters is 2. The quantitative estimate of drug-likeness (QED) is 0.0195. The second-order valence-corrected chi connectivity index (χ2v) is 18.9. The number of phosphoric ester groups is 1. The number of nitrogens with zero attached hydrogens (tertiary/aromatic N) is 1. The van der Waals surface area contributed by atoms with E-state index in [0.29, 0.717) is 17.4 Å². The molecule has 0 aliphatic carbocycles. The van der Waals surface area contributed by atoms with Gasteiger partial charge >= 0.3 is 11.9 Å². The molecular weight excluding hydrogens is 798 g/mol. The highest BCUT2D eigenvalue weighted by molar-refractivity contribution is 7.45. The molecule has 0 amide bonds. The lowest BCUT2D eigenvalue weighted by atomic mass is 10.1. The van der Waals surface area contributed by atoms with Gasteiger partial charge in [0.25, 0.3) is 7.82 Å². The molecule has 0 bridgehead atoms. The molecule has 0 heterocycles. The van der Waals surface area contributed by atoms with E-state index in [4.69, 9.17) is 18.5 Å². The van der Waals surface area contributed by atoms with E-state index in [-0.39, 0.29) is 26.1 Å². The summed E-state index contributed by atoms with van der Waals surface area (Å²) in [4.78, 5) is 37.7. The maximum absolute atomic E-state index is 12.7. The Morgan fingerprint density at radius 2 is 0.919 bits per heavy atom. The monoisotopic (exact) mass is 890 g/mol. The zero-order valence-electron chi connectivity index (χ0n) is 40.3. The maximum Gasteiger partial charge on any atom is 0.306 e. The first-order chi connectivity index (χ1) is 30.0. The van der Waals surface area contributed by atoms with Gasteiger partial charge in [-0.2, -0.15) is 0 Å². The fraction of sp³-hybridized carbons (Fsp3) is 0.731. The van der Waals surface area contributed by atoms with Crippen LogP contribution in [0, 0.1) is 0 Å². The topological polar surface area (TPSA) is 111 Å². The summed E-state index contributed by atoms with van der Waals surface area (Å²) in [7, 11) is 1.15. The van der Waals surface area contributed by atoms with Crippen molar-refractivity contribution in [3.8, 4) is 0 Å². The third kappa shape index (κ3) is 46.9. The second kappa shape index (κ2) is 43.7. The van der Waals surface area contributed by atoms with Crippen LogP contribution >= 0.6 is 7.82 Å². The molecule has 2 unspecified atom stereocenters. The molecule has 9 nitrogen and oxygen atoms in total. The van der Waals surface area contributed by atoms with Gasteiger partial charge in [-0.3, -0.25) is 14.2 Å². The minimum Gasteiger partial charge on any atom is -0.756 e. The Kier molecular flexibility index (Phi) is 41.9. The van der Waals surface area contributed by atoms with Crippen LogP contribution in [0.15, 0.2) is 72.9 Å². The Balaban J connectivity index is 4.32. The lowest BCUT2D eigenvalue weighted by Crippen LogP contribution is -2.37. The smallest absolute Gasteiger partial charge is 0.306 e.